The second-order valence-corrected chi connectivity index (χ2v) is 7.23. The molecule has 1 aliphatic rings. The van der Waals surface area contributed by atoms with Crippen LogP contribution in [0.1, 0.15) is 27.7 Å². The van der Waals surface area contributed by atoms with Crippen LogP contribution in [0.25, 0.3) is 22.1 Å². The summed E-state index contributed by atoms with van der Waals surface area (Å²) in [6, 6.07) is 11.3. The maximum Gasteiger partial charge on any atom is 0.227 e. The van der Waals surface area contributed by atoms with E-state index in [1.54, 1.807) is 12.4 Å². The SMILES string of the molecule is [2H]C(C)(C)N1c2cccnc2N(c2c(C)ccc3c2oc2ncccc23)[C@H]1C. The van der Waals surface area contributed by atoms with Crippen LogP contribution in [-0.2, 0) is 0 Å². The number of aromatic nitrogens is 2. The maximum absolute atomic E-state index is 8.69. The van der Waals surface area contributed by atoms with Gasteiger partial charge in [-0.15, -0.1) is 0 Å². The van der Waals surface area contributed by atoms with E-state index in [-0.39, 0.29) is 6.17 Å². The standard InChI is InChI=1S/C22H22N4O/c1-13(2)25-15(4)26(21-18(25)8-6-11-23-21)19-14(3)9-10-16-17-7-5-12-24-22(17)27-20(16)19/h5-13,15H,1-4H3/t15-/m0/s1/i13D. The zero-order valence-electron chi connectivity index (χ0n) is 16.9. The van der Waals surface area contributed by atoms with Gasteiger partial charge in [0.15, 0.2) is 11.4 Å². The lowest BCUT2D eigenvalue weighted by atomic mass is 10.1. The molecule has 136 valence electrons. The third kappa shape index (κ3) is 2.17. The monoisotopic (exact) mass is 359 g/mol. The Kier molecular flexibility index (Phi) is 3.18. The second-order valence-electron chi connectivity index (χ2n) is 7.23. The number of anilines is 3. The van der Waals surface area contributed by atoms with Gasteiger partial charge in [-0.3, -0.25) is 0 Å². The van der Waals surface area contributed by atoms with Crippen molar-refractivity contribution in [3.63, 3.8) is 0 Å². The van der Waals surface area contributed by atoms with E-state index >= 15 is 0 Å². The number of nitrogens with zero attached hydrogens (tertiary/aromatic N) is 4. The Bertz CT molecular complexity index is 1210. The lowest BCUT2D eigenvalue weighted by Gasteiger charge is -2.33. The molecule has 1 aliphatic heterocycles. The molecule has 0 radical (unpaired) electrons. The molecule has 0 fully saturated rings. The molecule has 3 aromatic heterocycles. The molecule has 0 bridgehead atoms. The average molecular weight is 359 g/mol. The van der Waals surface area contributed by atoms with Crippen molar-refractivity contribution in [2.45, 2.75) is 39.9 Å². The van der Waals surface area contributed by atoms with E-state index in [4.69, 9.17) is 5.79 Å². The van der Waals surface area contributed by atoms with Gasteiger partial charge in [0.25, 0.3) is 0 Å². The van der Waals surface area contributed by atoms with Gasteiger partial charge in [0.05, 0.1) is 12.7 Å². The van der Waals surface area contributed by atoms with Crippen molar-refractivity contribution in [3.8, 4) is 0 Å². The Morgan fingerprint density at radius 1 is 1.07 bits per heavy atom. The first-order valence-corrected chi connectivity index (χ1v) is 9.18. The zero-order chi connectivity index (χ0) is 19.6. The fourth-order valence-corrected chi connectivity index (χ4v) is 4.22. The Labute approximate surface area is 159 Å². The first kappa shape index (κ1) is 15.0. The highest BCUT2D eigenvalue weighted by Gasteiger charge is 2.38. The van der Waals surface area contributed by atoms with Crippen molar-refractivity contribution in [2.24, 2.45) is 0 Å². The first-order valence-electron chi connectivity index (χ1n) is 9.68. The van der Waals surface area contributed by atoms with Gasteiger partial charge in [-0.1, -0.05) is 12.1 Å². The number of fused-ring (bicyclic) bond motifs is 4. The van der Waals surface area contributed by atoms with Crippen molar-refractivity contribution in [1.82, 2.24) is 9.97 Å². The van der Waals surface area contributed by atoms with Crippen molar-refractivity contribution in [1.29, 1.82) is 0 Å². The quantitative estimate of drug-likeness (QED) is 0.480. The van der Waals surface area contributed by atoms with Gasteiger partial charge in [-0.25, -0.2) is 9.97 Å². The number of aryl methyl sites for hydroxylation is 1. The number of hydrogen-bond acceptors (Lipinski definition) is 5. The van der Waals surface area contributed by atoms with Gasteiger partial charge in [0.2, 0.25) is 5.71 Å². The predicted molar refractivity (Wildman–Crippen MR) is 110 cm³/mol. The minimum absolute atomic E-state index is 0.0807. The summed E-state index contributed by atoms with van der Waals surface area (Å²) in [7, 11) is 0. The van der Waals surface area contributed by atoms with Crippen molar-refractivity contribution >= 4 is 39.3 Å². The summed E-state index contributed by atoms with van der Waals surface area (Å²) in [6.07, 6.45) is 3.47. The Balaban J connectivity index is 1.82. The van der Waals surface area contributed by atoms with E-state index in [0.717, 1.165) is 39.1 Å². The van der Waals surface area contributed by atoms with E-state index in [0.29, 0.717) is 5.71 Å². The molecule has 5 rings (SSSR count). The molecule has 27 heavy (non-hydrogen) atoms. The van der Waals surface area contributed by atoms with E-state index in [2.05, 4.69) is 45.7 Å². The normalized spacial score (nSPS) is 17.6. The number of furan rings is 1. The van der Waals surface area contributed by atoms with E-state index in [1.807, 2.05) is 38.1 Å². The van der Waals surface area contributed by atoms with Gasteiger partial charge >= 0.3 is 0 Å². The molecule has 0 saturated carbocycles. The highest BCUT2D eigenvalue weighted by atomic mass is 16.3. The van der Waals surface area contributed by atoms with Crippen LogP contribution in [0.4, 0.5) is 17.2 Å². The number of benzene rings is 1. The van der Waals surface area contributed by atoms with Gasteiger partial charge < -0.3 is 14.2 Å². The maximum atomic E-state index is 8.69. The molecule has 0 unspecified atom stereocenters. The molecule has 0 spiro atoms. The third-order valence-electron chi connectivity index (χ3n) is 5.32. The first-order chi connectivity index (χ1) is 13.4. The Hall–Kier alpha value is -3.08. The van der Waals surface area contributed by atoms with Crippen LogP contribution in [0.2, 0.25) is 0 Å². The lowest BCUT2D eigenvalue weighted by Crippen LogP contribution is -2.42. The van der Waals surface area contributed by atoms with Crippen LogP contribution in [0, 0.1) is 6.92 Å². The van der Waals surface area contributed by atoms with E-state index in [1.165, 1.54) is 0 Å². The fourth-order valence-electron chi connectivity index (χ4n) is 4.22. The Morgan fingerprint density at radius 2 is 1.85 bits per heavy atom. The van der Waals surface area contributed by atoms with Crippen LogP contribution >= 0.6 is 0 Å². The molecule has 4 heterocycles. The molecule has 5 nitrogen and oxygen atoms in total. The molecule has 0 amide bonds. The summed E-state index contributed by atoms with van der Waals surface area (Å²) in [4.78, 5) is 13.3. The van der Waals surface area contributed by atoms with E-state index < -0.39 is 6.02 Å². The molecule has 0 N–H and O–H groups in total. The highest BCUT2D eigenvalue weighted by Crippen LogP contribution is 2.47. The fraction of sp³-hybridized carbons (Fsp3) is 0.273. The minimum Gasteiger partial charge on any atom is -0.435 e. The molecular weight excluding hydrogens is 336 g/mol. The van der Waals surface area contributed by atoms with Gasteiger partial charge in [0, 0.05) is 29.2 Å². The van der Waals surface area contributed by atoms with Crippen LogP contribution in [0.5, 0.6) is 0 Å². The molecule has 0 saturated heterocycles. The molecule has 5 heteroatoms. The highest BCUT2D eigenvalue weighted by molar-refractivity contribution is 6.09. The van der Waals surface area contributed by atoms with E-state index in [9.17, 15) is 0 Å². The lowest BCUT2D eigenvalue weighted by molar-refractivity contribution is 0.601. The molecule has 1 atom stereocenters. The number of pyridine rings is 2. The summed E-state index contributed by atoms with van der Waals surface area (Å²) < 4.78 is 14.9. The van der Waals surface area contributed by atoms with Crippen LogP contribution in [-0.4, -0.2) is 22.2 Å². The van der Waals surface area contributed by atoms with Gasteiger partial charge in [0.1, 0.15) is 6.17 Å². The van der Waals surface area contributed by atoms with Gasteiger partial charge in [-0.05, 0) is 57.5 Å². The summed E-state index contributed by atoms with van der Waals surface area (Å²) in [5, 5.41) is 2.04. The van der Waals surface area contributed by atoms with Crippen molar-refractivity contribution in [2.75, 3.05) is 9.80 Å². The summed E-state index contributed by atoms with van der Waals surface area (Å²) in [6.45, 7) is 8.00. The largest absolute Gasteiger partial charge is 0.435 e. The molecule has 0 aliphatic carbocycles. The smallest absolute Gasteiger partial charge is 0.227 e. The van der Waals surface area contributed by atoms with Crippen LogP contribution < -0.4 is 9.80 Å². The Morgan fingerprint density at radius 3 is 2.67 bits per heavy atom. The molecule has 4 aromatic rings. The minimum atomic E-state index is -0.789. The van der Waals surface area contributed by atoms with Gasteiger partial charge in [-0.2, -0.15) is 0 Å². The zero-order valence-corrected chi connectivity index (χ0v) is 15.9. The third-order valence-corrected chi connectivity index (χ3v) is 5.32. The second kappa shape index (κ2) is 5.71. The van der Waals surface area contributed by atoms with Crippen molar-refractivity contribution < 1.29 is 5.79 Å². The van der Waals surface area contributed by atoms with Crippen LogP contribution in [0.3, 0.4) is 0 Å². The van der Waals surface area contributed by atoms with Crippen molar-refractivity contribution in [3.05, 3.63) is 54.4 Å². The molecular formula is C22H22N4O. The summed E-state index contributed by atoms with van der Waals surface area (Å²) >= 11 is 0. The summed E-state index contributed by atoms with van der Waals surface area (Å²) in [5.74, 6) is 0.847. The average Bonchev–Trinajstić information content (AvgIpc) is 3.16. The molecule has 1 aromatic carbocycles. The summed E-state index contributed by atoms with van der Waals surface area (Å²) in [5.41, 5.74) is 4.48. The number of rotatable bonds is 2. The van der Waals surface area contributed by atoms with Crippen LogP contribution in [0.15, 0.2) is 53.2 Å². The predicted octanol–water partition coefficient (Wildman–Crippen LogP) is 5.40. The topological polar surface area (TPSA) is 45.4 Å². The number of hydrogen-bond donors (Lipinski definition) is 0.